The Kier molecular flexibility index (Phi) is 3.93. The summed E-state index contributed by atoms with van der Waals surface area (Å²) in [4.78, 5) is 0. The van der Waals surface area contributed by atoms with Crippen LogP contribution >= 0.6 is 11.8 Å². The molecule has 0 bridgehead atoms. The Hall–Kier alpha value is -0.470. The van der Waals surface area contributed by atoms with E-state index in [1.165, 1.54) is 42.6 Å². The predicted octanol–water partition coefficient (Wildman–Crippen LogP) is 3.32. The third kappa shape index (κ3) is 2.14. The summed E-state index contributed by atoms with van der Waals surface area (Å²) in [5, 5.41) is 0. The number of benzene rings is 1. The fourth-order valence-corrected chi connectivity index (χ4v) is 4.03. The van der Waals surface area contributed by atoms with Gasteiger partial charge in [-0.3, -0.25) is 0 Å². The maximum Gasteiger partial charge on any atom is 0.0181 e. The Morgan fingerprint density at radius 3 is 2.56 bits per heavy atom. The van der Waals surface area contributed by atoms with Crippen LogP contribution in [0.1, 0.15) is 36.8 Å². The fourth-order valence-electron chi connectivity index (χ4n) is 3.04. The van der Waals surface area contributed by atoms with Gasteiger partial charge in [0.25, 0.3) is 0 Å². The molecule has 0 atom stereocenters. The van der Waals surface area contributed by atoms with Crippen LogP contribution < -0.4 is 5.73 Å². The molecule has 0 radical (unpaired) electrons. The van der Waals surface area contributed by atoms with Gasteiger partial charge in [-0.2, -0.15) is 11.8 Å². The first-order valence-electron chi connectivity index (χ1n) is 6.10. The lowest BCUT2D eigenvalue weighted by Gasteiger charge is -2.31. The third-order valence-electron chi connectivity index (χ3n) is 3.79. The van der Waals surface area contributed by atoms with Gasteiger partial charge in [-0.25, -0.2) is 0 Å². The van der Waals surface area contributed by atoms with Crippen LogP contribution in [0.5, 0.6) is 0 Å². The van der Waals surface area contributed by atoms with Gasteiger partial charge in [-0.15, -0.1) is 0 Å². The van der Waals surface area contributed by atoms with Crippen molar-refractivity contribution in [3.63, 3.8) is 0 Å². The second kappa shape index (κ2) is 5.24. The van der Waals surface area contributed by atoms with E-state index in [1.807, 2.05) is 11.8 Å². The topological polar surface area (TPSA) is 26.0 Å². The molecule has 0 heterocycles. The van der Waals surface area contributed by atoms with E-state index in [0.717, 1.165) is 0 Å². The largest absolute Gasteiger partial charge is 0.326 e. The first-order valence-corrected chi connectivity index (χ1v) is 7.49. The first-order chi connectivity index (χ1) is 7.82. The van der Waals surface area contributed by atoms with Gasteiger partial charge in [-0.1, -0.05) is 37.1 Å². The molecule has 0 spiro atoms. The summed E-state index contributed by atoms with van der Waals surface area (Å²) in [6.45, 7) is 0.673. The van der Waals surface area contributed by atoms with Crippen molar-refractivity contribution >= 4 is 11.8 Å². The molecule has 0 aliphatic heterocycles. The van der Waals surface area contributed by atoms with E-state index < -0.39 is 0 Å². The second-order valence-corrected chi connectivity index (χ2v) is 5.65. The zero-order chi connectivity index (χ0) is 11.4. The van der Waals surface area contributed by atoms with Crippen LogP contribution in [0.4, 0.5) is 0 Å². The molecule has 1 saturated carbocycles. The van der Waals surface area contributed by atoms with Crippen LogP contribution in [-0.4, -0.2) is 12.0 Å². The van der Waals surface area contributed by atoms with E-state index in [0.29, 0.717) is 12.0 Å². The highest BCUT2D eigenvalue weighted by Gasteiger charge is 2.36. The van der Waals surface area contributed by atoms with Crippen molar-refractivity contribution in [3.8, 4) is 0 Å². The van der Waals surface area contributed by atoms with Gasteiger partial charge >= 0.3 is 0 Å². The Morgan fingerprint density at radius 2 is 1.94 bits per heavy atom. The normalized spacial score (nSPS) is 18.9. The highest BCUT2D eigenvalue weighted by atomic mass is 32.2. The minimum Gasteiger partial charge on any atom is -0.326 e. The van der Waals surface area contributed by atoms with Crippen molar-refractivity contribution in [2.75, 3.05) is 12.0 Å². The maximum absolute atomic E-state index is 5.87. The van der Waals surface area contributed by atoms with Crippen LogP contribution in [0.15, 0.2) is 24.3 Å². The average molecular weight is 235 g/mol. The number of nitrogens with two attached hydrogens (primary N) is 1. The first kappa shape index (κ1) is 12.0. The number of hydrogen-bond acceptors (Lipinski definition) is 2. The van der Waals surface area contributed by atoms with Crippen LogP contribution in [0, 0.1) is 0 Å². The summed E-state index contributed by atoms with van der Waals surface area (Å²) in [5.41, 5.74) is 9.14. The van der Waals surface area contributed by atoms with Gasteiger partial charge in [0.1, 0.15) is 0 Å². The van der Waals surface area contributed by atoms with E-state index in [4.69, 9.17) is 5.73 Å². The fraction of sp³-hybridized carbons (Fsp3) is 0.571. The molecule has 1 aliphatic carbocycles. The zero-order valence-corrected chi connectivity index (χ0v) is 10.9. The number of hydrogen-bond donors (Lipinski definition) is 1. The molecular formula is C14H21NS. The molecule has 16 heavy (non-hydrogen) atoms. The van der Waals surface area contributed by atoms with Gasteiger partial charge < -0.3 is 5.73 Å². The maximum atomic E-state index is 5.87. The summed E-state index contributed by atoms with van der Waals surface area (Å²) in [7, 11) is 0. The minimum atomic E-state index is 0.412. The molecule has 0 saturated heterocycles. The van der Waals surface area contributed by atoms with E-state index in [-0.39, 0.29) is 0 Å². The Balaban J connectivity index is 2.38. The van der Waals surface area contributed by atoms with Crippen molar-refractivity contribution < 1.29 is 0 Å². The van der Waals surface area contributed by atoms with Gasteiger partial charge in [-0.05, 0) is 30.2 Å². The van der Waals surface area contributed by atoms with Crippen LogP contribution in [0.3, 0.4) is 0 Å². The molecule has 2 heteroatoms. The lowest BCUT2D eigenvalue weighted by molar-refractivity contribution is 0.497. The van der Waals surface area contributed by atoms with Crippen molar-refractivity contribution in [3.05, 3.63) is 35.4 Å². The number of rotatable bonds is 4. The summed E-state index contributed by atoms with van der Waals surface area (Å²) < 4.78 is 0. The molecule has 1 fully saturated rings. The van der Waals surface area contributed by atoms with E-state index in [9.17, 15) is 0 Å². The van der Waals surface area contributed by atoms with Crippen LogP contribution in [-0.2, 0) is 12.0 Å². The summed E-state index contributed by atoms with van der Waals surface area (Å²) in [5.74, 6) is 1.24. The smallest absolute Gasteiger partial charge is 0.0181 e. The monoisotopic (exact) mass is 235 g/mol. The molecule has 1 aromatic carbocycles. The molecule has 1 aromatic rings. The summed E-state index contributed by atoms with van der Waals surface area (Å²) in [6.07, 6.45) is 7.64. The molecule has 1 nitrogen and oxygen atoms in total. The lowest BCUT2D eigenvalue weighted by Crippen LogP contribution is -2.27. The van der Waals surface area contributed by atoms with Crippen LogP contribution in [0.2, 0.25) is 0 Å². The van der Waals surface area contributed by atoms with Crippen molar-refractivity contribution in [1.29, 1.82) is 0 Å². The molecule has 0 amide bonds. The van der Waals surface area contributed by atoms with Gasteiger partial charge in [0.05, 0.1) is 0 Å². The molecule has 0 unspecified atom stereocenters. The van der Waals surface area contributed by atoms with Crippen LogP contribution in [0.25, 0.3) is 0 Å². The quantitative estimate of drug-likeness (QED) is 0.866. The minimum absolute atomic E-state index is 0.412. The molecule has 2 rings (SSSR count). The Labute approximate surface area is 103 Å². The van der Waals surface area contributed by atoms with Gasteiger partial charge in [0.2, 0.25) is 0 Å². The highest BCUT2D eigenvalue weighted by Crippen LogP contribution is 2.44. The summed E-state index contributed by atoms with van der Waals surface area (Å²) >= 11 is 1.97. The third-order valence-corrected chi connectivity index (χ3v) is 4.63. The van der Waals surface area contributed by atoms with Gasteiger partial charge in [0, 0.05) is 17.7 Å². The Morgan fingerprint density at radius 1 is 1.25 bits per heavy atom. The van der Waals surface area contributed by atoms with Gasteiger partial charge in [0.15, 0.2) is 0 Å². The standard InChI is InChI=1S/C14H21NS/c1-16-11-14(8-4-5-9-14)13-7-3-2-6-12(13)10-15/h2-3,6-7H,4-5,8-11,15H2,1H3. The van der Waals surface area contributed by atoms with E-state index in [1.54, 1.807) is 0 Å². The SMILES string of the molecule is CSCC1(c2ccccc2CN)CCCC1. The summed E-state index contributed by atoms with van der Waals surface area (Å²) in [6, 6.07) is 8.75. The highest BCUT2D eigenvalue weighted by molar-refractivity contribution is 7.98. The molecule has 0 aromatic heterocycles. The Bertz CT molecular complexity index is 342. The van der Waals surface area contributed by atoms with Crippen molar-refractivity contribution in [2.24, 2.45) is 5.73 Å². The predicted molar refractivity (Wildman–Crippen MR) is 72.9 cm³/mol. The molecule has 1 aliphatic rings. The van der Waals surface area contributed by atoms with E-state index >= 15 is 0 Å². The van der Waals surface area contributed by atoms with Crippen molar-refractivity contribution in [2.45, 2.75) is 37.6 Å². The lowest BCUT2D eigenvalue weighted by atomic mass is 9.78. The second-order valence-electron chi connectivity index (χ2n) is 4.78. The number of thioether (sulfide) groups is 1. The van der Waals surface area contributed by atoms with Crippen molar-refractivity contribution in [1.82, 2.24) is 0 Å². The van der Waals surface area contributed by atoms with E-state index in [2.05, 4.69) is 30.5 Å². The molecule has 88 valence electrons. The zero-order valence-electron chi connectivity index (χ0n) is 10.0. The average Bonchev–Trinajstić information content (AvgIpc) is 2.79. The molecular weight excluding hydrogens is 214 g/mol. The molecule has 2 N–H and O–H groups in total.